The van der Waals surface area contributed by atoms with Crippen LogP contribution in [0.25, 0.3) is 0 Å². The van der Waals surface area contributed by atoms with Crippen molar-refractivity contribution < 1.29 is 4.74 Å². The molecule has 0 amide bonds. The highest BCUT2D eigenvalue weighted by atomic mass is 16.5. The van der Waals surface area contributed by atoms with Gasteiger partial charge >= 0.3 is 0 Å². The number of rotatable bonds is 8. The van der Waals surface area contributed by atoms with Gasteiger partial charge in [-0.3, -0.25) is 0 Å². The molecule has 0 bridgehead atoms. The lowest BCUT2D eigenvalue weighted by Gasteiger charge is -2.27. The average molecular weight is 362 g/mol. The Morgan fingerprint density at radius 3 is 2.48 bits per heavy atom. The minimum Gasteiger partial charge on any atom is -0.492 e. The predicted octanol–water partition coefficient (Wildman–Crippen LogP) is 5.03. The van der Waals surface area contributed by atoms with Crippen molar-refractivity contribution in [3.05, 3.63) is 72.4 Å². The molecule has 0 radical (unpaired) electrons. The van der Waals surface area contributed by atoms with Gasteiger partial charge < -0.3 is 15.0 Å². The summed E-state index contributed by atoms with van der Waals surface area (Å²) in [5, 5.41) is 3.35. The molecule has 0 aliphatic carbocycles. The van der Waals surface area contributed by atoms with E-state index in [1.165, 1.54) is 5.56 Å². The van der Waals surface area contributed by atoms with E-state index in [-0.39, 0.29) is 6.04 Å². The summed E-state index contributed by atoms with van der Waals surface area (Å²) in [7, 11) is 0. The average Bonchev–Trinajstić information content (AvgIpc) is 2.69. The number of para-hydroxylation sites is 2. The zero-order chi connectivity index (χ0) is 19.1. The molecule has 0 aliphatic rings. The minimum atomic E-state index is 0.274. The Balaban J connectivity index is 1.83. The number of hydrogen-bond acceptors (Lipinski definition) is 5. The van der Waals surface area contributed by atoms with Gasteiger partial charge in [-0.05, 0) is 44.5 Å². The fraction of sp³-hybridized carbons (Fsp3) is 0.273. The quantitative estimate of drug-likeness (QED) is 0.609. The monoisotopic (exact) mass is 362 g/mol. The Kier molecular flexibility index (Phi) is 6.26. The second-order valence-corrected chi connectivity index (χ2v) is 6.50. The predicted molar refractivity (Wildman–Crippen MR) is 111 cm³/mol. The molecule has 0 unspecified atom stereocenters. The minimum absolute atomic E-state index is 0.274. The summed E-state index contributed by atoms with van der Waals surface area (Å²) in [4.78, 5) is 11.4. The van der Waals surface area contributed by atoms with E-state index in [0.717, 1.165) is 23.8 Å². The summed E-state index contributed by atoms with van der Waals surface area (Å²) in [5.74, 6) is 2.25. The molecule has 3 rings (SSSR count). The van der Waals surface area contributed by atoms with Gasteiger partial charge in [0.05, 0.1) is 12.3 Å². The molecule has 1 aromatic heterocycles. The van der Waals surface area contributed by atoms with Crippen LogP contribution in [0.15, 0.2) is 66.9 Å². The summed E-state index contributed by atoms with van der Waals surface area (Å²) in [5.41, 5.74) is 2.12. The third-order valence-electron chi connectivity index (χ3n) is 4.17. The van der Waals surface area contributed by atoms with E-state index >= 15 is 0 Å². The van der Waals surface area contributed by atoms with E-state index in [0.29, 0.717) is 12.6 Å². The molecular formula is C22H26N4O. The van der Waals surface area contributed by atoms with Crippen molar-refractivity contribution in [3.8, 4) is 5.75 Å². The SMILES string of the molecule is CCOc1ccccc1Nc1ccnc(N(Cc2ccccc2)C(C)C)n1. The molecule has 1 N–H and O–H groups in total. The lowest BCUT2D eigenvalue weighted by atomic mass is 10.2. The Labute approximate surface area is 161 Å². The maximum Gasteiger partial charge on any atom is 0.227 e. The fourth-order valence-corrected chi connectivity index (χ4v) is 2.81. The summed E-state index contributed by atoms with van der Waals surface area (Å²) < 4.78 is 5.69. The third kappa shape index (κ3) is 4.97. The van der Waals surface area contributed by atoms with Crippen molar-refractivity contribution in [3.63, 3.8) is 0 Å². The van der Waals surface area contributed by atoms with E-state index in [9.17, 15) is 0 Å². The molecule has 140 valence electrons. The van der Waals surface area contributed by atoms with Gasteiger partial charge in [0.1, 0.15) is 11.6 Å². The number of aromatic nitrogens is 2. The Morgan fingerprint density at radius 1 is 1.00 bits per heavy atom. The molecule has 0 spiro atoms. The van der Waals surface area contributed by atoms with Crippen molar-refractivity contribution in [2.24, 2.45) is 0 Å². The molecule has 0 saturated carbocycles. The fourth-order valence-electron chi connectivity index (χ4n) is 2.81. The van der Waals surface area contributed by atoms with Crippen LogP contribution in [0.3, 0.4) is 0 Å². The third-order valence-corrected chi connectivity index (χ3v) is 4.17. The van der Waals surface area contributed by atoms with Crippen molar-refractivity contribution in [2.75, 3.05) is 16.8 Å². The summed E-state index contributed by atoms with van der Waals surface area (Å²) in [6, 6.07) is 20.4. The number of benzene rings is 2. The van der Waals surface area contributed by atoms with Crippen LogP contribution in [0.5, 0.6) is 5.75 Å². The molecular weight excluding hydrogens is 336 g/mol. The second kappa shape index (κ2) is 9.03. The van der Waals surface area contributed by atoms with E-state index in [1.807, 2.05) is 43.3 Å². The Bertz CT molecular complexity index is 852. The zero-order valence-corrected chi connectivity index (χ0v) is 16.1. The maximum absolute atomic E-state index is 5.69. The van der Waals surface area contributed by atoms with Crippen LogP contribution in [0.2, 0.25) is 0 Å². The van der Waals surface area contributed by atoms with Crippen LogP contribution >= 0.6 is 0 Å². The van der Waals surface area contributed by atoms with Crippen LogP contribution in [-0.4, -0.2) is 22.6 Å². The van der Waals surface area contributed by atoms with Crippen molar-refractivity contribution >= 4 is 17.5 Å². The number of anilines is 3. The molecule has 0 saturated heterocycles. The van der Waals surface area contributed by atoms with E-state index < -0.39 is 0 Å². The molecule has 3 aromatic rings. The van der Waals surface area contributed by atoms with E-state index in [2.05, 4.69) is 53.3 Å². The van der Waals surface area contributed by atoms with Gasteiger partial charge in [0.15, 0.2) is 0 Å². The highest BCUT2D eigenvalue weighted by Gasteiger charge is 2.15. The van der Waals surface area contributed by atoms with E-state index in [4.69, 9.17) is 9.72 Å². The van der Waals surface area contributed by atoms with Crippen LogP contribution in [0.4, 0.5) is 17.5 Å². The summed E-state index contributed by atoms with van der Waals surface area (Å²) in [6.07, 6.45) is 1.79. The Morgan fingerprint density at radius 2 is 1.74 bits per heavy atom. The molecule has 0 atom stereocenters. The zero-order valence-electron chi connectivity index (χ0n) is 16.1. The van der Waals surface area contributed by atoms with Gasteiger partial charge in [-0.1, -0.05) is 42.5 Å². The molecule has 1 heterocycles. The highest BCUT2D eigenvalue weighted by molar-refractivity contribution is 5.64. The number of nitrogens with one attached hydrogen (secondary N) is 1. The lowest BCUT2D eigenvalue weighted by Crippen LogP contribution is -2.31. The molecule has 2 aromatic carbocycles. The molecule has 5 heteroatoms. The van der Waals surface area contributed by atoms with Gasteiger partial charge in [-0.2, -0.15) is 4.98 Å². The molecule has 0 aliphatic heterocycles. The van der Waals surface area contributed by atoms with E-state index in [1.54, 1.807) is 6.20 Å². The first kappa shape index (κ1) is 18.7. The van der Waals surface area contributed by atoms with Crippen molar-refractivity contribution in [2.45, 2.75) is 33.4 Å². The topological polar surface area (TPSA) is 50.3 Å². The largest absolute Gasteiger partial charge is 0.492 e. The standard InChI is InChI=1S/C22H26N4O/c1-4-27-20-13-9-8-12-19(20)24-21-14-15-23-22(25-21)26(17(2)3)16-18-10-6-5-7-11-18/h5-15,17H,4,16H2,1-3H3,(H,23,24,25). The summed E-state index contributed by atoms with van der Waals surface area (Å²) >= 11 is 0. The summed E-state index contributed by atoms with van der Waals surface area (Å²) in [6.45, 7) is 7.65. The number of nitrogens with zero attached hydrogens (tertiary/aromatic N) is 3. The van der Waals surface area contributed by atoms with Gasteiger partial charge in [-0.15, -0.1) is 0 Å². The second-order valence-electron chi connectivity index (χ2n) is 6.50. The number of ether oxygens (including phenoxy) is 1. The Hall–Kier alpha value is -3.08. The lowest BCUT2D eigenvalue weighted by molar-refractivity contribution is 0.342. The van der Waals surface area contributed by atoms with Crippen LogP contribution in [0.1, 0.15) is 26.3 Å². The van der Waals surface area contributed by atoms with Gasteiger partial charge in [0.25, 0.3) is 0 Å². The van der Waals surface area contributed by atoms with Crippen LogP contribution in [-0.2, 0) is 6.54 Å². The number of hydrogen-bond donors (Lipinski definition) is 1. The smallest absolute Gasteiger partial charge is 0.227 e. The van der Waals surface area contributed by atoms with Gasteiger partial charge in [0.2, 0.25) is 5.95 Å². The molecule has 0 fully saturated rings. The van der Waals surface area contributed by atoms with Crippen molar-refractivity contribution in [1.29, 1.82) is 0 Å². The first-order valence-electron chi connectivity index (χ1n) is 9.30. The van der Waals surface area contributed by atoms with Crippen LogP contribution in [0, 0.1) is 0 Å². The highest BCUT2D eigenvalue weighted by Crippen LogP contribution is 2.27. The normalized spacial score (nSPS) is 10.7. The molecule has 5 nitrogen and oxygen atoms in total. The van der Waals surface area contributed by atoms with Crippen LogP contribution < -0.4 is 15.0 Å². The first-order chi connectivity index (χ1) is 13.2. The van der Waals surface area contributed by atoms with Gasteiger partial charge in [0, 0.05) is 18.8 Å². The first-order valence-corrected chi connectivity index (χ1v) is 9.30. The molecule has 27 heavy (non-hydrogen) atoms. The maximum atomic E-state index is 5.69. The van der Waals surface area contributed by atoms with Gasteiger partial charge in [-0.25, -0.2) is 4.98 Å². The van der Waals surface area contributed by atoms with Crippen molar-refractivity contribution in [1.82, 2.24) is 9.97 Å².